The molecule has 0 aliphatic heterocycles. The maximum Gasteiger partial charge on any atom is 0.413 e. The summed E-state index contributed by atoms with van der Waals surface area (Å²) in [5.41, 5.74) is 0. The van der Waals surface area contributed by atoms with Gasteiger partial charge in [0.15, 0.2) is 11.6 Å². The molecule has 80 valence electrons. The van der Waals surface area contributed by atoms with Crippen molar-refractivity contribution in [3.8, 4) is 5.75 Å². The number of benzene rings is 1. The van der Waals surface area contributed by atoms with Gasteiger partial charge < -0.3 is 15.2 Å². The highest BCUT2D eigenvalue weighted by Crippen LogP contribution is 2.14. The molecule has 0 bridgehead atoms. The van der Waals surface area contributed by atoms with Crippen LogP contribution in [0.15, 0.2) is 24.3 Å². The number of hydrogen-bond acceptors (Lipinski definition) is 3. The number of para-hydroxylation sites is 1. The maximum atomic E-state index is 12.9. The van der Waals surface area contributed by atoms with E-state index in [1.165, 1.54) is 18.2 Å². The second kappa shape index (κ2) is 4.94. The summed E-state index contributed by atoms with van der Waals surface area (Å²) < 4.78 is 17.4. The molecule has 0 saturated carbocycles. The third kappa shape index (κ3) is 3.63. The van der Waals surface area contributed by atoms with Gasteiger partial charge >= 0.3 is 12.1 Å². The summed E-state index contributed by atoms with van der Waals surface area (Å²) in [4.78, 5) is 21.0. The third-order valence-corrected chi connectivity index (χ3v) is 1.42. The second-order valence-corrected chi connectivity index (χ2v) is 2.57. The molecule has 0 aromatic heterocycles. The SMILES string of the molecule is O=C(O)CNC(=O)Oc1ccccc1F. The smallest absolute Gasteiger partial charge is 0.413 e. The first-order valence-corrected chi connectivity index (χ1v) is 4.01. The zero-order valence-electron chi connectivity index (χ0n) is 7.57. The number of carboxylic acids is 1. The van der Waals surface area contributed by atoms with Gasteiger partial charge in [0.1, 0.15) is 6.54 Å². The van der Waals surface area contributed by atoms with Gasteiger partial charge in [-0.3, -0.25) is 4.79 Å². The van der Waals surface area contributed by atoms with E-state index in [0.717, 1.165) is 6.07 Å². The fraction of sp³-hybridized carbons (Fsp3) is 0.111. The van der Waals surface area contributed by atoms with Gasteiger partial charge in [-0.2, -0.15) is 0 Å². The van der Waals surface area contributed by atoms with Gasteiger partial charge in [0.25, 0.3) is 0 Å². The highest BCUT2D eigenvalue weighted by Gasteiger charge is 2.08. The molecule has 0 heterocycles. The van der Waals surface area contributed by atoms with Gasteiger partial charge in [-0.15, -0.1) is 0 Å². The average molecular weight is 213 g/mol. The van der Waals surface area contributed by atoms with E-state index in [1.807, 2.05) is 5.32 Å². The Morgan fingerprint density at radius 1 is 1.40 bits per heavy atom. The lowest BCUT2D eigenvalue weighted by molar-refractivity contribution is -0.135. The molecule has 0 fully saturated rings. The Morgan fingerprint density at radius 2 is 2.07 bits per heavy atom. The summed E-state index contributed by atoms with van der Waals surface area (Å²) in [5, 5.41) is 10.2. The number of rotatable bonds is 3. The molecule has 1 aromatic rings. The van der Waals surface area contributed by atoms with E-state index in [2.05, 4.69) is 4.74 Å². The molecule has 2 N–H and O–H groups in total. The van der Waals surface area contributed by atoms with Crippen molar-refractivity contribution in [2.24, 2.45) is 0 Å². The number of carbonyl (C=O) groups excluding carboxylic acids is 1. The molecule has 0 saturated heterocycles. The highest BCUT2D eigenvalue weighted by atomic mass is 19.1. The minimum Gasteiger partial charge on any atom is -0.480 e. The predicted molar refractivity (Wildman–Crippen MR) is 48.1 cm³/mol. The molecule has 6 heteroatoms. The highest BCUT2D eigenvalue weighted by molar-refractivity contribution is 5.77. The van der Waals surface area contributed by atoms with E-state index in [4.69, 9.17) is 5.11 Å². The van der Waals surface area contributed by atoms with Gasteiger partial charge in [0.05, 0.1) is 0 Å². The van der Waals surface area contributed by atoms with Gasteiger partial charge in [0.2, 0.25) is 0 Å². The van der Waals surface area contributed by atoms with Crippen LogP contribution in [0.2, 0.25) is 0 Å². The number of carbonyl (C=O) groups is 2. The van der Waals surface area contributed by atoms with Gasteiger partial charge in [-0.25, -0.2) is 9.18 Å². The molecule has 0 spiro atoms. The number of ether oxygens (including phenoxy) is 1. The van der Waals surface area contributed by atoms with Crippen molar-refractivity contribution in [2.45, 2.75) is 0 Å². The number of carboxylic acid groups (broad SMARTS) is 1. The van der Waals surface area contributed by atoms with E-state index in [0.29, 0.717) is 0 Å². The number of hydrogen-bond donors (Lipinski definition) is 2. The van der Waals surface area contributed by atoms with Crippen molar-refractivity contribution in [1.29, 1.82) is 0 Å². The van der Waals surface area contributed by atoms with Gasteiger partial charge in [0, 0.05) is 0 Å². The van der Waals surface area contributed by atoms with E-state index in [9.17, 15) is 14.0 Å². The van der Waals surface area contributed by atoms with Crippen molar-refractivity contribution in [3.05, 3.63) is 30.1 Å². The fourth-order valence-corrected chi connectivity index (χ4v) is 0.811. The first kappa shape index (κ1) is 11.0. The lowest BCUT2D eigenvalue weighted by atomic mass is 10.3. The quantitative estimate of drug-likeness (QED) is 0.785. The Hall–Kier alpha value is -2.11. The molecule has 5 nitrogen and oxygen atoms in total. The van der Waals surface area contributed by atoms with Crippen molar-refractivity contribution in [1.82, 2.24) is 5.32 Å². The van der Waals surface area contributed by atoms with Crippen LogP contribution in [0.1, 0.15) is 0 Å². The van der Waals surface area contributed by atoms with Crippen molar-refractivity contribution < 1.29 is 23.8 Å². The Kier molecular flexibility index (Phi) is 3.61. The molecular formula is C9H8FNO4. The van der Waals surface area contributed by atoms with E-state index in [1.54, 1.807) is 0 Å². The third-order valence-electron chi connectivity index (χ3n) is 1.42. The monoisotopic (exact) mass is 213 g/mol. The molecule has 0 atom stereocenters. The van der Waals surface area contributed by atoms with Crippen molar-refractivity contribution in [3.63, 3.8) is 0 Å². The molecule has 1 rings (SSSR count). The van der Waals surface area contributed by atoms with E-state index in [-0.39, 0.29) is 5.75 Å². The van der Waals surface area contributed by atoms with Crippen molar-refractivity contribution in [2.75, 3.05) is 6.54 Å². The first-order chi connectivity index (χ1) is 7.09. The summed E-state index contributed by atoms with van der Waals surface area (Å²) in [5.74, 6) is -2.15. The summed E-state index contributed by atoms with van der Waals surface area (Å²) in [6, 6.07) is 5.32. The normalized spacial score (nSPS) is 9.40. The lowest BCUT2D eigenvalue weighted by Crippen LogP contribution is -2.31. The van der Waals surface area contributed by atoms with Crippen LogP contribution in [0.3, 0.4) is 0 Å². The van der Waals surface area contributed by atoms with Crippen LogP contribution in [0, 0.1) is 5.82 Å². The van der Waals surface area contributed by atoms with Crippen LogP contribution in [-0.2, 0) is 4.79 Å². The minimum absolute atomic E-state index is 0.250. The molecule has 0 aliphatic carbocycles. The average Bonchev–Trinajstić information content (AvgIpc) is 2.18. The summed E-state index contributed by atoms with van der Waals surface area (Å²) >= 11 is 0. The molecule has 1 aromatic carbocycles. The standard InChI is InChI=1S/C9H8FNO4/c10-6-3-1-2-4-7(6)15-9(14)11-5-8(12)13/h1-4H,5H2,(H,11,14)(H,12,13). The zero-order chi connectivity index (χ0) is 11.3. The Balaban J connectivity index is 2.52. The largest absolute Gasteiger partial charge is 0.480 e. The molecule has 0 radical (unpaired) electrons. The molecular weight excluding hydrogens is 205 g/mol. The Bertz CT molecular complexity index is 380. The number of aliphatic carboxylic acids is 1. The summed E-state index contributed by atoms with van der Waals surface area (Å²) in [7, 11) is 0. The number of nitrogens with one attached hydrogen (secondary N) is 1. The lowest BCUT2D eigenvalue weighted by Gasteiger charge is -2.04. The molecule has 0 aliphatic rings. The van der Waals surface area contributed by atoms with E-state index < -0.39 is 24.4 Å². The van der Waals surface area contributed by atoms with E-state index >= 15 is 0 Å². The number of amides is 1. The second-order valence-electron chi connectivity index (χ2n) is 2.57. The maximum absolute atomic E-state index is 12.9. The topological polar surface area (TPSA) is 75.6 Å². The zero-order valence-corrected chi connectivity index (χ0v) is 7.57. The van der Waals surface area contributed by atoms with Gasteiger partial charge in [-0.05, 0) is 12.1 Å². The summed E-state index contributed by atoms with van der Waals surface area (Å²) in [6.07, 6.45) is -1.01. The molecule has 15 heavy (non-hydrogen) atoms. The summed E-state index contributed by atoms with van der Waals surface area (Å²) in [6.45, 7) is -0.576. The number of halogens is 1. The molecule has 1 amide bonds. The molecule has 0 unspecified atom stereocenters. The van der Waals surface area contributed by atoms with Crippen LogP contribution in [0.4, 0.5) is 9.18 Å². The Morgan fingerprint density at radius 3 is 2.67 bits per heavy atom. The fourth-order valence-electron chi connectivity index (χ4n) is 0.811. The Labute approximate surface area is 84.5 Å². The predicted octanol–water partition coefficient (Wildman–Crippen LogP) is 0.999. The minimum atomic E-state index is -1.21. The van der Waals surface area contributed by atoms with Crippen LogP contribution in [0.25, 0.3) is 0 Å². The van der Waals surface area contributed by atoms with Crippen LogP contribution in [0.5, 0.6) is 5.75 Å². The van der Waals surface area contributed by atoms with Crippen LogP contribution < -0.4 is 10.1 Å². The van der Waals surface area contributed by atoms with Crippen molar-refractivity contribution >= 4 is 12.1 Å². The van der Waals surface area contributed by atoms with Crippen LogP contribution in [-0.4, -0.2) is 23.7 Å². The van der Waals surface area contributed by atoms with Crippen LogP contribution >= 0.6 is 0 Å². The van der Waals surface area contributed by atoms with Gasteiger partial charge in [-0.1, -0.05) is 12.1 Å². The first-order valence-electron chi connectivity index (χ1n) is 4.01.